The summed E-state index contributed by atoms with van der Waals surface area (Å²) in [5, 5.41) is 4.55. The van der Waals surface area contributed by atoms with Gasteiger partial charge in [0.25, 0.3) is 11.8 Å². The molecule has 1 aliphatic rings. The Morgan fingerprint density at radius 1 is 1.07 bits per heavy atom. The van der Waals surface area contributed by atoms with Gasteiger partial charge in [0.05, 0.1) is 4.88 Å². The Morgan fingerprint density at radius 3 is 2.48 bits per heavy atom. The quantitative estimate of drug-likeness (QED) is 0.852. The predicted molar refractivity (Wildman–Crippen MR) is 103 cm³/mol. The lowest BCUT2D eigenvalue weighted by Crippen LogP contribution is -2.51. The first-order valence-corrected chi connectivity index (χ1v) is 9.52. The van der Waals surface area contributed by atoms with Crippen molar-refractivity contribution in [2.75, 3.05) is 38.1 Å². The third-order valence-corrected chi connectivity index (χ3v) is 5.03. The summed E-state index contributed by atoms with van der Waals surface area (Å²) in [6.07, 6.45) is 0. The smallest absolute Gasteiger partial charge is 0.264 e. The molecule has 7 nitrogen and oxygen atoms in total. The van der Waals surface area contributed by atoms with E-state index in [1.54, 1.807) is 34.1 Å². The van der Waals surface area contributed by atoms with Crippen molar-refractivity contribution in [3.8, 4) is 5.75 Å². The molecule has 0 atom stereocenters. The minimum absolute atomic E-state index is 0.0168. The molecular formula is C19H21N3O4S. The zero-order valence-electron chi connectivity index (χ0n) is 15.0. The lowest BCUT2D eigenvalue weighted by molar-refractivity contribution is -0.134. The number of nitrogens with zero attached hydrogens (tertiary/aromatic N) is 2. The van der Waals surface area contributed by atoms with Crippen molar-refractivity contribution in [3.63, 3.8) is 0 Å². The molecule has 8 heteroatoms. The van der Waals surface area contributed by atoms with Gasteiger partial charge in [0.2, 0.25) is 5.91 Å². The third-order valence-electron chi connectivity index (χ3n) is 4.17. The first kappa shape index (κ1) is 18.9. The number of rotatable bonds is 5. The van der Waals surface area contributed by atoms with Crippen molar-refractivity contribution in [1.82, 2.24) is 9.80 Å². The van der Waals surface area contributed by atoms with Gasteiger partial charge in [-0.05, 0) is 23.6 Å². The van der Waals surface area contributed by atoms with E-state index in [-0.39, 0.29) is 24.3 Å². The molecular weight excluding hydrogens is 366 g/mol. The average molecular weight is 387 g/mol. The molecule has 1 fully saturated rings. The lowest BCUT2D eigenvalue weighted by atomic mass is 10.3. The number of hydrogen-bond acceptors (Lipinski definition) is 5. The Balaban J connectivity index is 1.47. The summed E-state index contributed by atoms with van der Waals surface area (Å²) in [4.78, 5) is 40.0. The maximum absolute atomic E-state index is 12.4. The number of carbonyl (C=O) groups excluding carboxylic acids is 3. The molecule has 142 valence electrons. The third kappa shape index (κ3) is 5.07. The minimum atomic E-state index is -0.168. The van der Waals surface area contributed by atoms with Crippen molar-refractivity contribution >= 4 is 34.7 Å². The van der Waals surface area contributed by atoms with Gasteiger partial charge in [-0.3, -0.25) is 14.4 Å². The summed E-state index contributed by atoms with van der Waals surface area (Å²) in [6.45, 7) is 3.36. The number of nitrogens with one attached hydrogen (secondary N) is 1. The van der Waals surface area contributed by atoms with E-state index in [1.165, 1.54) is 18.3 Å². The zero-order valence-corrected chi connectivity index (χ0v) is 15.8. The zero-order chi connectivity index (χ0) is 19.2. The van der Waals surface area contributed by atoms with E-state index in [4.69, 9.17) is 4.74 Å². The molecule has 1 saturated heterocycles. The Kier molecular flexibility index (Phi) is 6.08. The van der Waals surface area contributed by atoms with Crippen LogP contribution in [0.3, 0.4) is 0 Å². The van der Waals surface area contributed by atoms with Crippen LogP contribution in [0.25, 0.3) is 0 Å². The number of carbonyl (C=O) groups is 3. The van der Waals surface area contributed by atoms with Crippen LogP contribution in [0.5, 0.6) is 5.75 Å². The fourth-order valence-corrected chi connectivity index (χ4v) is 3.51. The van der Waals surface area contributed by atoms with Crippen LogP contribution in [0.1, 0.15) is 16.6 Å². The molecule has 3 rings (SSSR count). The molecule has 1 aromatic carbocycles. The van der Waals surface area contributed by atoms with Gasteiger partial charge in [0.1, 0.15) is 5.75 Å². The van der Waals surface area contributed by atoms with Crippen LogP contribution in [0.15, 0.2) is 41.8 Å². The van der Waals surface area contributed by atoms with Gasteiger partial charge < -0.3 is 19.9 Å². The molecule has 2 heterocycles. The molecule has 0 radical (unpaired) electrons. The van der Waals surface area contributed by atoms with E-state index < -0.39 is 0 Å². The second-order valence-electron chi connectivity index (χ2n) is 6.15. The average Bonchev–Trinajstić information content (AvgIpc) is 3.20. The van der Waals surface area contributed by atoms with Crippen molar-refractivity contribution in [3.05, 3.63) is 46.7 Å². The highest BCUT2D eigenvalue weighted by molar-refractivity contribution is 7.12. The maximum atomic E-state index is 12.4. The molecule has 0 bridgehead atoms. The summed E-state index contributed by atoms with van der Waals surface area (Å²) in [6, 6.07) is 10.6. The molecule has 0 unspecified atom stereocenters. The first-order valence-electron chi connectivity index (χ1n) is 8.64. The summed E-state index contributed by atoms with van der Waals surface area (Å²) in [5.74, 6) is 0.241. The van der Waals surface area contributed by atoms with E-state index in [2.05, 4.69) is 5.32 Å². The Hall–Kier alpha value is -2.87. The topological polar surface area (TPSA) is 79.0 Å². The minimum Gasteiger partial charge on any atom is -0.484 e. The van der Waals surface area contributed by atoms with Gasteiger partial charge in [-0.1, -0.05) is 12.1 Å². The summed E-state index contributed by atoms with van der Waals surface area (Å²) in [7, 11) is 0. The number of benzene rings is 1. The van der Waals surface area contributed by atoms with E-state index in [1.807, 2.05) is 17.5 Å². The van der Waals surface area contributed by atoms with Crippen LogP contribution in [0, 0.1) is 0 Å². The largest absolute Gasteiger partial charge is 0.484 e. The highest BCUT2D eigenvalue weighted by atomic mass is 32.1. The van der Waals surface area contributed by atoms with Gasteiger partial charge in [-0.2, -0.15) is 0 Å². The molecule has 27 heavy (non-hydrogen) atoms. The Bertz CT molecular complexity index is 814. The van der Waals surface area contributed by atoms with Gasteiger partial charge in [-0.15, -0.1) is 11.3 Å². The van der Waals surface area contributed by atoms with E-state index in [0.29, 0.717) is 37.6 Å². The van der Waals surface area contributed by atoms with E-state index >= 15 is 0 Å². The number of piperazine rings is 1. The highest BCUT2D eigenvalue weighted by Gasteiger charge is 2.25. The van der Waals surface area contributed by atoms with Crippen LogP contribution >= 0.6 is 11.3 Å². The molecule has 0 saturated carbocycles. The number of ether oxygens (including phenoxy) is 1. The van der Waals surface area contributed by atoms with Gasteiger partial charge >= 0.3 is 0 Å². The molecule has 2 aromatic rings. The van der Waals surface area contributed by atoms with Gasteiger partial charge in [0.15, 0.2) is 6.61 Å². The Labute approximate surface area is 161 Å². The summed E-state index contributed by atoms with van der Waals surface area (Å²) < 4.78 is 5.56. The van der Waals surface area contributed by atoms with Gasteiger partial charge in [0, 0.05) is 44.9 Å². The number of thiophene rings is 1. The second kappa shape index (κ2) is 8.68. The van der Waals surface area contributed by atoms with Crippen LogP contribution in [-0.2, 0) is 9.59 Å². The van der Waals surface area contributed by atoms with Crippen molar-refractivity contribution in [2.45, 2.75) is 6.92 Å². The normalized spacial score (nSPS) is 14.0. The van der Waals surface area contributed by atoms with Crippen LogP contribution in [0.2, 0.25) is 0 Å². The van der Waals surface area contributed by atoms with Crippen LogP contribution in [-0.4, -0.2) is 60.3 Å². The molecule has 1 N–H and O–H groups in total. The summed E-state index contributed by atoms with van der Waals surface area (Å²) >= 11 is 1.42. The SMILES string of the molecule is CC(=O)Nc1cccc(OCC(=O)N2CCN(C(=O)c3cccs3)CC2)c1. The molecule has 0 spiro atoms. The second-order valence-corrected chi connectivity index (χ2v) is 7.10. The van der Waals surface area contributed by atoms with Crippen LogP contribution in [0.4, 0.5) is 5.69 Å². The highest BCUT2D eigenvalue weighted by Crippen LogP contribution is 2.18. The maximum Gasteiger partial charge on any atom is 0.264 e. The van der Waals surface area contributed by atoms with Crippen molar-refractivity contribution < 1.29 is 19.1 Å². The van der Waals surface area contributed by atoms with Gasteiger partial charge in [-0.25, -0.2) is 0 Å². The number of hydrogen-bond donors (Lipinski definition) is 1. The van der Waals surface area contributed by atoms with Crippen molar-refractivity contribution in [1.29, 1.82) is 0 Å². The lowest BCUT2D eigenvalue weighted by Gasteiger charge is -2.34. The monoisotopic (exact) mass is 387 g/mol. The first-order chi connectivity index (χ1) is 13.0. The van der Waals surface area contributed by atoms with E-state index in [0.717, 1.165) is 4.88 Å². The number of amides is 3. The Morgan fingerprint density at radius 2 is 1.81 bits per heavy atom. The number of anilines is 1. The molecule has 1 aliphatic heterocycles. The summed E-state index contributed by atoms with van der Waals surface area (Å²) in [5.41, 5.74) is 0.619. The fraction of sp³-hybridized carbons (Fsp3) is 0.316. The standard InChI is InChI=1S/C19H21N3O4S/c1-14(23)20-15-4-2-5-16(12-15)26-13-18(24)21-7-9-22(10-8-21)19(25)17-6-3-11-27-17/h2-6,11-12H,7-10,13H2,1H3,(H,20,23). The predicted octanol–water partition coefficient (Wildman–Crippen LogP) is 2.07. The van der Waals surface area contributed by atoms with Crippen LogP contribution < -0.4 is 10.1 Å². The molecule has 3 amide bonds. The fourth-order valence-electron chi connectivity index (χ4n) is 2.82. The molecule has 1 aromatic heterocycles. The molecule has 0 aliphatic carbocycles. The van der Waals surface area contributed by atoms with Crippen molar-refractivity contribution in [2.24, 2.45) is 0 Å². The van der Waals surface area contributed by atoms with E-state index in [9.17, 15) is 14.4 Å².